The van der Waals surface area contributed by atoms with E-state index in [2.05, 4.69) is 22.9 Å². The summed E-state index contributed by atoms with van der Waals surface area (Å²) in [5.41, 5.74) is 3.49. The average molecular weight is 546 g/mol. The first-order chi connectivity index (χ1) is 16.8. The number of aliphatic hydroxyl groups excluding tert-OH is 1. The van der Waals surface area contributed by atoms with Gasteiger partial charge in [0.1, 0.15) is 5.75 Å². The number of hydrogen-bond donors (Lipinski definition) is 3. The Bertz CT molecular complexity index is 1060. The Hall–Kier alpha value is -1.94. The van der Waals surface area contributed by atoms with E-state index in [1.165, 1.54) is 4.90 Å². The number of imide groups is 1. The molecule has 4 atom stereocenters. The number of aromatic hydroxyl groups is 1. The van der Waals surface area contributed by atoms with Crippen LogP contribution in [0.3, 0.4) is 0 Å². The third kappa shape index (κ3) is 5.14. The Morgan fingerprint density at radius 1 is 1.26 bits per heavy atom. The zero-order chi connectivity index (χ0) is 25.3. The number of carbonyl (C=O) groups is 2. The Balaban J connectivity index is 1.60. The summed E-state index contributed by atoms with van der Waals surface area (Å²) in [6.45, 7) is 4.20. The number of amides is 2. The van der Waals surface area contributed by atoms with E-state index in [0.29, 0.717) is 32.2 Å². The molecule has 2 saturated heterocycles. The van der Waals surface area contributed by atoms with Crippen molar-refractivity contribution in [2.75, 3.05) is 13.2 Å². The maximum absolute atomic E-state index is 13.2. The highest BCUT2D eigenvalue weighted by Crippen LogP contribution is 2.50. The molecule has 0 saturated carbocycles. The summed E-state index contributed by atoms with van der Waals surface area (Å²) in [5, 5.41) is 31.0. The van der Waals surface area contributed by atoms with Crippen molar-refractivity contribution in [2.24, 2.45) is 17.8 Å². The minimum atomic E-state index is -1.03. The molecular formula is C26H33BBrNO6. The third-order valence-electron chi connectivity index (χ3n) is 7.57. The molecule has 2 heterocycles. The van der Waals surface area contributed by atoms with Gasteiger partial charge >= 0.3 is 7.12 Å². The number of fused-ring (bicyclic) bond motifs is 3. The highest BCUT2D eigenvalue weighted by molar-refractivity contribution is 9.10. The normalized spacial score (nSPS) is 26.9. The molecule has 4 rings (SSSR count). The number of rotatable bonds is 8. The molecule has 1 aromatic carbocycles. The third-order valence-corrected chi connectivity index (χ3v) is 8.06. The van der Waals surface area contributed by atoms with Crippen molar-refractivity contribution in [3.05, 3.63) is 45.0 Å². The molecule has 188 valence electrons. The summed E-state index contributed by atoms with van der Waals surface area (Å²) in [4.78, 5) is 27.6. The van der Waals surface area contributed by atoms with E-state index >= 15 is 0 Å². The number of aliphatic hydroxyl groups is 1. The van der Waals surface area contributed by atoms with Crippen molar-refractivity contribution in [2.45, 2.75) is 58.4 Å². The molecule has 3 N–H and O–H groups in total. The highest BCUT2D eigenvalue weighted by atomic mass is 79.9. The number of benzene rings is 1. The molecule has 2 amide bonds. The number of nitrogens with zero attached hydrogens (tertiary/aromatic N) is 1. The zero-order valence-corrected chi connectivity index (χ0v) is 21.8. The molecule has 3 aliphatic rings. The van der Waals surface area contributed by atoms with Gasteiger partial charge < -0.3 is 19.9 Å². The zero-order valence-electron chi connectivity index (χ0n) is 20.2. The average Bonchev–Trinajstić information content (AvgIpc) is 3.07. The summed E-state index contributed by atoms with van der Waals surface area (Å²) < 4.78 is 6.83. The van der Waals surface area contributed by atoms with Crippen LogP contribution in [0.5, 0.6) is 5.75 Å². The van der Waals surface area contributed by atoms with E-state index in [1.54, 1.807) is 12.1 Å². The van der Waals surface area contributed by atoms with Gasteiger partial charge in [-0.1, -0.05) is 41.4 Å². The minimum Gasteiger partial charge on any atom is -0.507 e. The number of likely N-dealkylation sites (tertiary alicyclic amines) is 1. The molecule has 2 aliphatic heterocycles. The van der Waals surface area contributed by atoms with E-state index in [1.807, 2.05) is 19.1 Å². The second-order valence-corrected chi connectivity index (χ2v) is 10.6. The van der Waals surface area contributed by atoms with Gasteiger partial charge in [-0.2, -0.15) is 0 Å². The molecule has 7 nitrogen and oxygen atoms in total. The lowest BCUT2D eigenvalue weighted by molar-refractivity contribution is -0.140. The van der Waals surface area contributed by atoms with Gasteiger partial charge in [0, 0.05) is 16.6 Å². The molecule has 0 unspecified atom stereocenters. The molecule has 2 fully saturated rings. The molecule has 35 heavy (non-hydrogen) atoms. The van der Waals surface area contributed by atoms with E-state index in [0.717, 1.165) is 33.2 Å². The highest BCUT2D eigenvalue weighted by Gasteiger charge is 2.56. The Morgan fingerprint density at radius 2 is 2.03 bits per heavy atom. The van der Waals surface area contributed by atoms with Crippen molar-refractivity contribution in [1.82, 2.24) is 4.90 Å². The SMILES string of the molecule is CCCN1C(=O)[C@@H]2[C@@H](CC(CO)=C3[C@@H](CC/C(=C/c4cc(Br)ccc4O)CC)OB(O)C[C@@H]32)C1=O. The van der Waals surface area contributed by atoms with Crippen molar-refractivity contribution < 1.29 is 29.5 Å². The van der Waals surface area contributed by atoms with Crippen molar-refractivity contribution in [1.29, 1.82) is 0 Å². The lowest BCUT2D eigenvalue weighted by Crippen LogP contribution is -2.46. The fourth-order valence-electron chi connectivity index (χ4n) is 5.95. The number of carbonyl (C=O) groups excluding carboxylic acids is 2. The monoisotopic (exact) mass is 545 g/mol. The molecule has 1 aromatic rings. The first-order valence-electron chi connectivity index (χ1n) is 12.5. The second kappa shape index (κ2) is 11.0. The number of phenolic OH excluding ortho intramolecular Hbond substituents is 1. The minimum absolute atomic E-state index is 0.158. The van der Waals surface area contributed by atoms with Gasteiger partial charge in [-0.3, -0.25) is 14.5 Å². The first-order valence-corrected chi connectivity index (χ1v) is 13.3. The van der Waals surface area contributed by atoms with Crippen LogP contribution in [0.25, 0.3) is 6.08 Å². The fraction of sp³-hybridized carbons (Fsp3) is 0.538. The van der Waals surface area contributed by atoms with Gasteiger partial charge in [-0.15, -0.1) is 0 Å². The van der Waals surface area contributed by atoms with Gasteiger partial charge in [-0.25, -0.2) is 0 Å². The van der Waals surface area contributed by atoms with Crippen molar-refractivity contribution in [3.63, 3.8) is 0 Å². The molecular weight excluding hydrogens is 513 g/mol. The molecule has 0 aromatic heterocycles. The van der Waals surface area contributed by atoms with Crippen LogP contribution >= 0.6 is 15.9 Å². The molecule has 0 spiro atoms. The Kier molecular flexibility index (Phi) is 8.21. The van der Waals surface area contributed by atoms with Crippen molar-refractivity contribution in [3.8, 4) is 5.75 Å². The topological polar surface area (TPSA) is 107 Å². The molecule has 0 bridgehead atoms. The number of allylic oxidation sites excluding steroid dienone is 1. The smallest absolute Gasteiger partial charge is 0.455 e. The quantitative estimate of drug-likeness (QED) is 0.259. The molecule has 1 aliphatic carbocycles. The number of phenols is 1. The van der Waals surface area contributed by atoms with Crippen LogP contribution in [0.4, 0.5) is 0 Å². The Morgan fingerprint density at radius 3 is 2.71 bits per heavy atom. The predicted octanol–water partition coefficient (Wildman–Crippen LogP) is 3.93. The van der Waals surface area contributed by atoms with Gasteiger partial charge in [0.25, 0.3) is 0 Å². The lowest BCUT2D eigenvalue weighted by Gasteiger charge is -2.43. The van der Waals surface area contributed by atoms with Gasteiger partial charge in [0.15, 0.2) is 0 Å². The van der Waals surface area contributed by atoms with Crippen molar-refractivity contribution >= 4 is 40.9 Å². The summed E-state index contributed by atoms with van der Waals surface area (Å²) in [5.74, 6) is -1.40. The van der Waals surface area contributed by atoms with Crippen LogP contribution in [-0.4, -0.2) is 58.3 Å². The van der Waals surface area contributed by atoms with E-state index in [4.69, 9.17) is 4.65 Å². The van der Waals surface area contributed by atoms with Crippen LogP contribution < -0.4 is 0 Å². The summed E-state index contributed by atoms with van der Waals surface area (Å²) in [7, 11) is -1.03. The van der Waals surface area contributed by atoms with Crippen LogP contribution in [0, 0.1) is 17.8 Å². The largest absolute Gasteiger partial charge is 0.507 e. The van der Waals surface area contributed by atoms with Crippen LogP contribution in [0.15, 0.2) is 39.4 Å². The summed E-state index contributed by atoms with van der Waals surface area (Å²) in [6, 6.07) is 5.29. The summed E-state index contributed by atoms with van der Waals surface area (Å²) >= 11 is 3.44. The van der Waals surface area contributed by atoms with Crippen LogP contribution in [0.2, 0.25) is 6.32 Å². The van der Waals surface area contributed by atoms with E-state index in [-0.39, 0.29) is 36.4 Å². The van der Waals surface area contributed by atoms with Gasteiger partial charge in [-0.05, 0) is 73.7 Å². The van der Waals surface area contributed by atoms with E-state index < -0.39 is 25.1 Å². The maximum atomic E-state index is 13.2. The Labute approximate surface area is 215 Å². The summed E-state index contributed by atoms with van der Waals surface area (Å²) in [6.07, 6.45) is 4.84. The molecule has 0 radical (unpaired) electrons. The molecule has 9 heteroatoms. The van der Waals surface area contributed by atoms with Gasteiger partial charge in [0.05, 0.1) is 24.5 Å². The van der Waals surface area contributed by atoms with Crippen LogP contribution in [-0.2, 0) is 14.2 Å². The maximum Gasteiger partial charge on any atom is 0.455 e. The lowest BCUT2D eigenvalue weighted by atomic mass is 9.58. The first kappa shape index (κ1) is 26.1. The number of hydrogen-bond acceptors (Lipinski definition) is 6. The van der Waals surface area contributed by atoms with E-state index in [9.17, 15) is 24.8 Å². The fourth-order valence-corrected chi connectivity index (χ4v) is 6.33. The van der Waals surface area contributed by atoms with Gasteiger partial charge in [0.2, 0.25) is 11.8 Å². The number of halogens is 1. The van der Waals surface area contributed by atoms with Crippen LogP contribution in [0.1, 0.15) is 51.5 Å². The second-order valence-electron chi connectivity index (χ2n) is 9.70. The predicted molar refractivity (Wildman–Crippen MR) is 137 cm³/mol. The standard InChI is InChI=1S/C26H33BBrNO6/c1-3-9-29-25(32)19-12-17(14-30)23-20(24(19)26(29)33)13-27(34)35-22(23)8-5-15(4-2)10-16-11-18(28)6-7-21(16)31/h6-7,10-11,19-20,22,24,30-31,34H,3-5,8-9,12-14H2,1-2H3/b15-10+/t19-,20+,22-,24-/m1/s1.